The van der Waals surface area contributed by atoms with Crippen molar-refractivity contribution < 1.29 is 0 Å². The van der Waals surface area contributed by atoms with Crippen LogP contribution in [0.4, 0.5) is 0 Å². The van der Waals surface area contributed by atoms with Crippen LogP contribution in [0.25, 0.3) is 0 Å². The maximum atomic E-state index is 5.77. The van der Waals surface area contributed by atoms with Crippen molar-refractivity contribution in [3.8, 4) is 0 Å². The molecule has 14 heavy (non-hydrogen) atoms. The molecule has 0 aliphatic heterocycles. The Bertz CT molecular complexity index is 181. The highest BCUT2D eigenvalue weighted by Gasteiger charge is 2.39. The van der Waals surface area contributed by atoms with E-state index in [0.717, 1.165) is 30.5 Å². The zero-order chi connectivity index (χ0) is 9.97. The highest BCUT2D eigenvalue weighted by atomic mass is 15.0. The minimum atomic E-state index is 0.742. The second-order valence-corrected chi connectivity index (χ2v) is 5.09. The van der Waals surface area contributed by atoms with Gasteiger partial charge in [-0.25, -0.2) is 0 Å². The van der Waals surface area contributed by atoms with Gasteiger partial charge in [0.05, 0.1) is 0 Å². The summed E-state index contributed by atoms with van der Waals surface area (Å²) in [5.74, 6) is 1.75. The molecule has 2 saturated carbocycles. The zero-order valence-corrected chi connectivity index (χ0v) is 9.34. The molecule has 4 unspecified atom stereocenters. The van der Waals surface area contributed by atoms with Gasteiger partial charge < -0.3 is 11.1 Å². The predicted octanol–water partition coefficient (Wildman–Crippen LogP) is 1.89. The van der Waals surface area contributed by atoms with Crippen molar-refractivity contribution in [2.45, 2.75) is 57.5 Å². The first kappa shape index (κ1) is 10.4. The Kier molecular flexibility index (Phi) is 3.45. The van der Waals surface area contributed by atoms with Crippen LogP contribution in [0.3, 0.4) is 0 Å². The minimum absolute atomic E-state index is 0.742. The van der Waals surface area contributed by atoms with Crippen molar-refractivity contribution in [1.29, 1.82) is 0 Å². The normalized spacial score (nSPS) is 41.6. The Balaban J connectivity index is 1.70. The molecular formula is C12H24N2. The molecule has 2 aliphatic carbocycles. The zero-order valence-electron chi connectivity index (χ0n) is 9.34. The number of rotatable bonds is 5. The van der Waals surface area contributed by atoms with Gasteiger partial charge in [-0.2, -0.15) is 0 Å². The average Bonchev–Trinajstić information content (AvgIpc) is 2.76. The summed E-state index contributed by atoms with van der Waals surface area (Å²) in [6.07, 6.45) is 8.26. The molecule has 82 valence electrons. The fourth-order valence-electron chi connectivity index (χ4n) is 2.95. The molecule has 0 aromatic rings. The highest BCUT2D eigenvalue weighted by Crippen LogP contribution is 2.37. The number of nitrogens with two attached hydrogens (primary N) is 1. The van der Waals surface area contributed by atoms with E-state index in [1.165, 1.54) is 38.5 Å². The quantitative estimate of drug-likeness (QED) is 0.704. The van der Waals surface area contributed by atoms with E-state index in [1.807, 2.05) is 0 Å². The summed E-state index contributed by atoms with van der Waals surface area (Å²) in [5, 5.41) is 3.81. The Morgan fingerprint density at radius 3 is 2.79 bits per heavy atom. The van der Waals surface area contributed by atoms with Gasteiger partial charge in [0.25, 0.3) is 0 Å². The van der Waals surface area contributed by atoms with Crippen LogP contribution in [0.1, 0.15) is 45.4 Å². The number of hydrogen-bond donors (Lipinski definition) is 2. The monoisotopic (exact) mass is 196 g/mol. The summed E-state index contributed by atoms with van der Waals surface area (Å²) in [6, 6.07) is 1.58. The lowest BCUT2D eigenvalue weighted by Crippen LogP contribution is -2.37. The molecular weight excluding hydrogens is 172 g/mol. The number of nitrogens with one attached hydrogen (secondary N) is 1. The molecule has 2 heteroatoms. The van der Waals surface area contributed by atoms with Crippen molar-refractivity contribution in [2.75, 3.05) is 6.54 Å². The molecule has 2 nitrogen and oxygen atoms in total. The van der Waals surface area contributed by atoms with Crippen molar-refractivity contribution in [1.82, 2.24) is 5.32 Å². The smallest absolute Gasteiger partial charge is 0.0110 e. The Morgan fingerprint density at radius 2 is 2.07 bits per heavy atom. The summed E-state index contributed by atoms with van der Waals surface area (Å²) in [4.78, 5) is 0. The van der Waals surface area contributed by atoms with Gasteiger partial charge in [-0.1, -0.05) is 19.8 Å². The lowest BCUT2D eigenvalue weighted by molar-refractivity contribution is 0.395. The fraction of sp³-hybridized carbons (Fsp3) is 1.00. The van der Waals surface area contributed by atoms with Crippen LogP contribution >= 0.6 is 0 Å². The average molecular weight is 196 g/mol. The van der Waals surface area contributed by atoms with Gasteiger partial charge in [-0.05, 0) is 44.1 Å². The van der Waals surface area contributed by atoms with E-state index in [2.05, 4.69) is 12.2 Å². The van der Waals surface area contributed by atoms with E-state index in [-0.39, 0.29) is 0 Å². The van der Waals surface area contributed by atoms with E-state index in [4.69, 9.17) is 5.73 Å². The molecule has 0 bridgehead atoms. The Hall–Kier alpha value is -0.0800. The summed E-state index contributed by atoms with van der Waals surface area (Å²) in [6.45, 7) is 3.16. The van der Waals surface area contributed by atoms with E-state index in [9.17, 15) is 0 Å². The molecule has 0 saturated heterocycles. The van der Waals surface area contributed by atoms with Gasteiger partial charge in [-0.15, -0.1) is 0 Å². The van der Waals surface area contributed by atoms with Crippen LogP contribution in [-0.2, 0) is 0 Å². The van der Waals surface area contributed by atoms with E-state index in [1.54, 1.807) is 0 Å². The van der Waals surface area contributed by atoms with Crippen LogP contribution < -0.4 is 11.1 Å². The van der Waals surface area contributed by atoms with Crippen molar-refractivity contribution >= 4 is 0 Å². The van der Waals surface area contributed by atoms with Crippen LogP contribution in [0.5, 0.6) is 0 Å². The number of hydrogen-bond acceptors (Lipinski definition) is 2. The lowest BCUT2D eigenvalue weighted by atomic mass is 10.0. The van der Waals surface area contributed by atoms with Gasteiger partial charge in [0.1, 0.15) is 0 Å². The Morgan fingerprint density at radius 1 is 1.21 bits per heavy atom. The molecule has 0 heterocycles. The molecule has 0 aromatic heterocycles. The highest BCUT2D eigenvalue weighted by molar-refractivity contribution is 4.97. The largest absolute Gasteiger partial charge is 0.330 e. The SMILES string of the molecule is CCCC1CC1NC1CCCC1CN. The second kappa shape index (κ2) is 4.63. The van der Waals surface area contributed by atoms with Crippen molar-refractivity contribution in [3.63, 3.8) is 0 Å². The maximum absolute atomic E-state index is 5.77. The van der Waals surface area contributed by atoms with Gasteiger partial charge in [0.15, 0.2) is 0 Å². The summed E-state index contributed by atoms with van der Waals surface area (Å²) in [5.41, 5.74) is 5.77. The summed E-state index contributed by atoms with van der Waals surface area (Å²) >= 11 is 0. The topological polar surface area (TPSA) is 38.0 Å². The minimum Gasteiger partial charge on any atom is -0.330 e. The van der Waals surface area contributed by atoms with E-state index < -0.39 is 0 Å². The van der Waals surface area contributed by atoms with E-state index in [0.29, 0.717) is 0 Å². The fourth-order valence-corrected chi connectivity index (χ4v) is 2.95. The molecule has 0 radical (unpaired) electrons. The van der Waals surface area contributed by atoms with Crippen LogP contribution in [0.2, 0.25) is 0 Å². The molecule has 2 aliphatic rings. The van der Waals surface area contributed by atoms with Crippen molar-refractivity contribution in [2.24, 2.45) is 17.6 Å². The van der Waals surface area contributed by atoms with E-state index >= 15 is 0 Å². The summed E-state index contributed by atoms with van der Waals surface area (Å²) in [7, 11) is 0. The Labute approximate surface area is 87.6 Å². The second-order valence-electron chi connectivity index (χ2n) is 5.09. The third-order valence-electron chi connectivity index (χ3n) is 3.97. The van der Waals surface area contributed by atoms with Crippen LogP contribution in [0, 0.1) is 11.8 Å². The molecule has 3 N–H and O–H groups in total. The predicted molar refractivity (Wildman–Crippen MR) is 60.1 cm³/mol. The maximum Gasteiger partial charge on any atom is 0.0110 e. The van der Waals surface area contributed by atoms with Gasteiger partial charge >= 0.3 is 0 Å². The third-order valence-corrected chi connectivity index (χ3v) is 3.97. The standard InChI is InChI=1S/C12H24N2/c1-2-4-9-7-12(9)14-11-6-3-5-10(11)8-13/h9-12,14H,2-8,13H2,1H3. The molecule has 0 spiro atoms. The molecule has 2 rings (SSSR count). The first-order valence-electron chi connectivity index (χ1n) is 6.31. The van der Waals surface area contributed by atoms with Crippen LogP contribution in [0.15, 0.2) is 0 Å². The lowest BCUT2D eigenvalue weighted by Gasteiger charge is -2.19. The molecule has 0 aromatic carbocycles. The molecule has 0 amide bonds. The van der Waals surface area contributed by atoms with Gasteiger partial charge in [0.2, 0.25) is 0 Å². The van der Waals surface area contributed by atoms with Crippen molar-refractivity contribution in [3.05, 3.63) is 0 Å². The van der Waals surface area contributed by atoms with Gasteiger partial charge in [-0.3, -0.25) is 0 Å². The molecule has 4 atom stereocenters. The third kappa shape index (κ3) is 2.29. The van der Waals surface area contributed by atoms with Gasteiger partial charge in [0, 0.05) is 12.1 Å². The first-order chi connectivity index (χ1) is 6.85. The van der Waals surface area contributed by atoms with Crippen LogP contribution in [-0.4, -0.2) is 18.6 Å². The first-order valence-corrected chi connectivity index (χ1v) is 6.31. The summed E-state index contributed by atoms with van der Waals surface area (Å²) < 4.78 is 0. The molecule has 2 fully saturated rings.